The van der Waals surface area contributed by atoms with Gasteiger partial charge >= 0.3 is 0 Å². The number of likely N-dealkylation sites (N-methyl/N-ethyl adjacent to an activating group) is 1. The van der Waals surface area contributed by atoms with Crippen molar-refractivity contribution in [3.8, 4) is 0 Å². The number of rotatable bonds is 7. The average Bonchev–Trinajstić information content (AvgIpc) is 2.35. The van der Waals surface area contributed by atoms with Crippen LogP contribution in [0.4, 0.5) is 10.1 Å². The van der Waals surface area contributed by atoms with Crippen LogP contribution in [0.25, 0.3) is 0 Å². The highest BCUT2D eigenvalue weighted by Crippen LogP contribution is 2.13. The third-order valence-electron chi connectivity index (χ3n) is 2.79. The van der Waals surface area contributed by atoms with Crippen molar-refractivity contribution in [1.82, 2.24) is 5.32 Å². The van der Waals surface area contributed by atoms with Gasteiger partial charge in [-0.1, -0.05) is 6.92 Å². The van der Waals surface area contributed by atoms with Crippen molar-refractivity contribution in [3.05, 3.63) is 30.1 Å². The lowest BCUT2D eigenvalue weighted by atomic mass is 10.2. The van der Waals surface area contributed by atoms with Gasteiger partial charge in [-0.05, 0) is 37.2 Å². The van der Waals surface area contributed by atoms with Crippen LogP contribution in [0, 0.1) is 5.82 Å². The zero-order valence-electron chi connectivity index (χ0n) is 10.5. The normalized spacial score (nSPS) is 12.5. The van der Waals surface area contributed by atoms with Crippen LogP contribution in [0.15, 0.2) is 24.3 Å². The molecule has 96 valence electrons. The number of halogens is 1. The third-order valence-corrected chi connectivity index (χ3v) is 2.79. The molecule has 3 nitrogen and oxygen atoms in total. The highest BCUT2D eigenvalue weighted by atomic mass is 19.1. The highest BCUT2D eigenvalue weighted by molar-refractivity contribution is 5.45. The summed E-state index contributed by atoms with van der Waals surface area (Å²) in [5.41, 5.74) is 0.986. The van der Waals surface area contributed by atoms with E-state index in [1.54, 1.807) is 12.1 Å². The van der Waals surface area contributed by atoms with E-state index in [4.69, 9.17) is 5.11 Å². The summed E-state index contributed by atoms with van der Waals surface area (Å²) in [6, 6.07) is 6.56. The SMILES string of the molecule is CCNC(CO)CCN(C)c1ccc(F)cc1. The fraction of sp³-hybridized carbons (Fsp3) is 0.538. The van der Waals surface area contributed by atoms with Gasteiger partial charge in [-0.3, -0.25) is 0 Å². The van der Waals surface area contributed by atoms with Crippen LogP contribution >= 0.6 is 0 Å². The molecule has 0 aliphatic carbocycles. The molecule has 1 aromatic carbocycles. The van der Waals surface area contributed by atoms with E-state index in [9.17, 15) is 4.39 Å². The van der Waals surface area contributed by atoms with Crippen LogP contribution < -0.4 is 10.2 Å². The first kappa shape index (κ1) is 13.9. The van der Waals surface area contributed by atoms with Gasteiger partial charge in [0.15, 0.2) is 0 Å². The summed E-state index contributed by atoms with van der Waals surface area (Å²) in [5.74, 6) is -0.219. The minimum atomic E-state index is -0.219. The first-order chi connectivity index (χ1) is 8.17. The molecule has 0 heterocycles. The second kappa shape index (κ2) is 7.25. The molecule has 4 heteroatoms. The number of hydrogen-bond donors (Lipinski definition) is 2. The van der Waals surface area contributed by atoms with Gasteiger partial charge in [0.1, 0.15) is 5.82 Å². The van der Waals surface area contributed by atoms with Gasteiger partial charge in [-0.2, -0.15) is 0 Å². The van der Waals surface area contributed by atoms with Crippen molar-refractivity contribution in [2.45, 2.75) is 19.4 Å². The van der Waals surface area contributed by atoms with E-state index in [1.165, 1.54) is 12.1 Å². The Bertz CT molecular complexity index is 316. The summed E-state index contributed by atoms with van der Waals surface area (Å²) in [6.07, 6.45) is 0.859. The predicted molar refractivity (Wildman–Crippen MR) is 68.8 cm³/mol. The zero-order valence-corrected chi connectivity index (χ0v) is 10.5. The van der Waals surface area contributed by atoms with Crippen molar-refractivity contribution >= 4 is 5.69 Å². The summed E-state index contributed by atoms with van der Waals surface area (Å²) < 4.78 is 12.8. The molecule has 0 aromatic heterocycles. The molecule has 0 fully saturated rings. The lowest BCUT2D eigenvalue weighted by Crippen LogP contribution is -2.35. The molecule has 0 amide bonds. The number of nitrogens with zero attached hydrogens (tertiary/aromatic N) is 1. The van der Waals surface area contributed by atoms with Gasteiger partial charge < -0.3 is 15.3 Å². The average molecular weight is 240 g/mol. The van der Waals surface area contributed by atoms with Gasteiger partial charge in [0, 0.05) is 25.3 Å². The maximum Gasteiger partial charge on any atom is 0.123 e. The van der Waals surface area contributed by atoms with E-state index in [1.807, 2.05) is 14.0 Å². The molecule has 1 atom stereocenters. The van der Waals surface area contributed by atoms with Gasteiger partial charge in [0.25, 0.3) is 0 Å². The van der Waals surface area contributed by atoms with Gasteiger partial charge in [0.2, 0.25) is 0 Å². The number of aliphatic hydroxyl groups excluding tert-OH is 1. The van der Waals surface area contributed by atoms with E-state index in [0.29, 0.717) is 0 Å². The summed E-state index contributed by atoms with van der Waals surface area (Å²) in [4.78, 5) is 2.06. The summed E-state index contributed by atoms with van der Waals surface area (Å²) in [5, 5.41) is 12.4. The lowest BCUT2D eigenvalue weighted by molar-refractivity contribution is 0.238. The minimum Gasteiger partial charge on any atom is -0.395 e. The maximum atomic E-state index is 12.8. The first-order valence-corrected chi connectivity index (χ1v) is 5.98. The standard InChI is InChI=1S/C13H21FN2O/c1-3-15-12(10-17)8-9-16(2)13-6-4-11(14)5-7-13/h4-7,12,15,17H,3,8-10H2,1-2H3. The van der Waals surface area contributed by atoms with Gasteiger partial charge in [-0.15, -0.1) is 0 Å². The summed E-state index contributed by atoms with van der Waals surface area (Å²) in [6.45, 7) is 3.84. The summed E-state index contributed by atoms with van der Waals surface area (Å²) in [7, 11) is 1.97. The molecule has 1 rings (SSSR count). The van der Waals surface area contributed by atoms with Crippen LogP contribution in [0.2, 0.25) is 0 Å². The quantitative estimate of drug-likeness (QED) is 0.760. The van der Waals surface area contributed by atoms with Crippen molar-refractivity contribution in [2.24, 2.45) is 0 Å². The van der Waals surface area contributed by atoms with E-state index < -0.39 is 0 Å². The summed E-state index contributed by atoms with van der Waals surface area (Å²) >= 11 is 0. The fourth-order valence-corrected chi connectivity index (χ4v) is 1.72. The van der Waals surface area contributed by atoms with E-state index in [2.05, 4.69) is 10.2 Å². The molecule has 0 radical (unpaired) electrons. The van der Waals surface area contributed by atoms with Crippen molar-refractivity contribution in [1.29, 1.82) is 0 Å². The Balaban J connectivity index is 2.43. The Kier molecular flexibility index (Phi) is 5.94. The Labute approximate surface area is 102 Å². The fourth-order valence-electron chi connectivity index (χ4n) is 1.72. The maximum absolute atomic E-state index is 12.8. The topological polar surface area (TPSA) is 35.5 Å². The predicted octanol–water partition coefficient (Wildman–Crippen LogP) is 1.62. The second-order valence-electron chi connectivity index (χ2n) is 4.12. The Morgan fingerprint density at radius 2 is 2.00 bits per heavy atom. The zero-order chi connectivity index (χ0) is 12.7. The van der Waals surface area contributed by atoms with Crippen LogP contribution in [-0.4, -0.2) is 37.9 Å². The number of hydrogen-bond acceptors (Lipinski definition) is 3. The highest BCUT2D eigenvalue weighted by Gasteiger charge is 2.07. The largest absolute Gasteiger partial charge is 0.395 e. The van der Waals surface area contributed by atoms with E-state index >= 15 is 0 Å². The Morgan fingerprint density at radius 3 is 2.53 bits per heavy atom. The van der Waals surface area contributed by atoms with Gasteiger partial charge in [0.05, 0.1) is 6.61 Å². The molecular formula is C13H21FN2O. The molecule has 0 saturated heterocycles. The van der Waals surface area contributed by atoms with E-state index in [0.717, 1.165) is 25.2 Å². The van der Waals surface area contributed by atoms with Crippen LogP contribution in [-0.2, 0) is 0 Å². The number of anilines is 1. The number of benzene rings is 1. The molecule has 17 heavy (non-hydrogen) atoms. The van der Waals surface area contributed by atoms with Crippen molar-refractivity contribution < 1.29 is 9.50 Å². The molecule has 2 N–H and O–H groups in total. The molecule has 0 spiro atoms. The smallest absolute Gasteiger partial charge is 0.123 e. The minimum absolute atomic E-state index is 0.128. The van der Waals surface area contributed by atoms with Gasteiger partial charge in [-0.25, -0.2) is 4.39 Å². The molecule has 1 unspecified atom stereocenters. The van der Waals surface area contributed by atoms with Crippen LogP contribution in [0.1, 0.15) is 13.3 Å². The van der Waals surface area contributed by atoms with Crippen LogP contribution in [0.5, 0.6) is 0 Å². The Morgan fingerprint density at radius 1 is 1.35 bits per heavy atom. The third kappa shape index (κ3) is 4.71. The van der Waals surface area contributed by atoms with Crippen molar-refractivity contribution in [2.75, 3.05) is 31.6 Å². The number of nitrogens with one attached hydrogen (secondary N) is 1. The number of aliphatic hydroxyl groups is 1. The molecule has 0 bridgehead atoms. The monoisotopic (exact) mass is 240 g/mol. The lowest BCUT2D eigenvalue weighted by Gasteiger charge is -2.22. The Hall–Kier alpha value is -1.13. The molecular weight excluding hydrogens is 219 g/mol. The first-order valence-electron chi connectivity index (χ1n) is 5.98. The van der Waals surface area contributed by atoms with Crippen molar-refractivity contribution in [3.63, 3.8) is 0 Å². The van der Waals surface area contributed by atoms with Crippen LogP contribution in [0.3, 0.4) is 0 Å². The molecule has 0 aliphatic heterocycles. The molecule has 0 aliphatic rings. The second-order valence-corrected chi connectivity index (χ2v) is 4.12. The molecule has 0 saturated carbocycles. The van der Waals surface area contributed by atoms with E-state index in [-0.39, 0.29) is 18.5 Å². The molecule has 1 aromatic rings.